The van der Waals surface area contributed by atoms with Gasteiger partial charge in [0.05, 0.1) is 21.3 Å². The molecule has 0 radical (unpaired) electrons. The quantitative estimate of drug-likeness (QED) is 0.474. The van der Waals surface area contributed by atoms with Crippen molar-refractivity contribution in [3.8, 4) is 17.3 Å². The molecule has 1 saturated heterocycles. The number of nitrogens with one attached hydrogen (secondary N) is 1. The number of hydrogen-bond donors (Lipinski definition) is 2. The number of piperidine rings is 1. The molecule has 1 aliphatic heterocycles. The first-order valence-corrected chi connectivity index (χ1v) is 10.6. The summed E-state index contributed by atoms with van der Waals surface area (Å²) in [6.45, 7) is 3.50. The van der Waals surface area contributed by atoms with Crippen LogP contribution in [0.25, 0.3) is 33.2 Å². The molecule has 0 aliphatic carbocycles. The average Bonchev–Trinajstić information content (AvgIpc) is 3.29. The van der Waals surface area contributed by atoms with Crippen LogP contribution in [-0.2, 0) is 7.05 Å². The van der Waals surface area contributed by atoms with E-state index in [1.165, 1.54) is 0 Å². The number of nitrogens with zero attached hydrogens (tertiary/aromatic N) is 7. The van der Waals surface area contributed by atoms with Crippen molar-refractivity contribution in [3.63, 3.8) is 0 Å². The van der Waals surface area contributed by atoms with Crippen LogP contribution >= 0.6 is 23.2 Å². The summed E-state index contributed by atoms with van der Waals surface area (Å²) >= 11 is 13.1. The standard InChI is InChI=1S/C20H19Cl2N9/c1-20(24)5-7-31(8-6-20)19-25-12(9-23)14-16(27-28-18(14)26-19)10-3-4-11-13(15(10)21)17(22)30(2)29-11/h3-4H,5-8,24H2,1-2H3,(H,25,26,27,28). The Morgan fingerprint density at radius 3 is 2.65 bits per heavy atom. The van der Waals surface area contributed by atoms with E-state index in [4.69, 9.17) is 28.9 Å². The Hall–Kier alpha value is -2.93. The van der Waals surface area contributed by atoms with Crippen LogP contribution in [-0.4, -0.2) is 48.6 Å². The number of halogens is 2. The van der Waals surface area contributed by atoms with E-state index in [-0.39, 0.29) is 11.2 Å². The van der Waals surface area contributed by atoms with Gasteiger partial charge in [-0.05, 0) is 31.9 Å². The van der Waals surface area contributed by atoms with Crippen molar-refractivity contribution in [2.75, 3.05) is 18.0 Å². The van der Waals surface area contributed by atoms with E-state index >= 15 is 0 Å². The van der Waals surface area contributed by atoms with Gasteiger partial charge in [-0.2, -0.15) is 20.4 Å². The van der Waals surface area contributed by atoms with Crippen LogP contribution in [0, 0.1) is 11.3 Å². The predicted molar refractivity (Wildman–Crippen MR) is 120 cm³/mol. The van der Waals surface area contributed by atoms with Crippen molar-refractivity contribution in [2.24, 2.45) is 12.8 Å². The number of nitriles is 1. The minimum absolute atomic E-state index is 0.192. The molecule has 1 fully saturated rings. The molecular weight excluding hydrogens is 437 g/mol. The summed E-state index contributed by atoms with van der Waals surface area (Å²) in [5.74, 6) is 0.492. The number of aromatic nitrogens is 6. The molecule has 0 bridgehead atoms. The fourth-order valence-electron chi connectivity index (χ4n) is 3.95. The van der Waals surface area contributed by atoms with Crippen LogP contribution in [0.15, 0.2) is 12.1 Å². The minimum Gasteiger partial charge on any atom is -0.341 e. The topological polar surface area (TPSA) is 125 Å². The highest BCUT2D eigenvalue weighted by molar-refractivity contribution is 6.43. The van der Waals surface area contributed by atoms with Crippen LogP contribution in [0.1, 0.15) is 25.5 Å². The van der Waals surface area contributed by atoms with Crippen molar-refractivity contribution in [1.82, 2.24) is 29.9 Å². The van der Waals surface area contributed by atoms with Crippen LogP contribution in [0.5, 0.6) is 0 Å². The highest BCUT2D eigenvalue weighted by Gasteiger charge is 2.28. The van der Waals surface area contributed by atoms with Crippen LogP contribution in [0.2, 0.25) is 10.2 Å². The molecule has 31 heavy (non-hydrogen) atoms. The van der Waals surface area contributed by atoms with E-state index in [0.717, 1.165) is 25.9 Å². The summed E-state index contributed by atoms with van der Waals surface area (Å²) in [5.41, 5.74) is 8.56. The van der Waals surface area contributed by atoms with Gasteiger partial charge in [0.1, 0.15) is 16.9 Å². The van der Waals surface area contributed by atoms with Gasteiger partial charge in [0.15, 0.2) is 11.3 Å². The number of hydrogen-bond acceptors (Lipinski definition) is 7. The van der Waals surface area contributed by atoms with Crippen LogP contribution < -0.4 is 10.6 Å². The summed E-state index contributed by atoms with van der Waals surface area (Å²) in [6, 6.07) is 5.82. The molecule has 3 N–H and O–H groups in total. The third-order valence-corrected chi connectivity index (χ3v) is 6.65. The predicted octanol–water partition coefficient (Wildman–Crippen LogP) is 3.40. The van der Waals surface area contributed by atoms with Gasteiger partial charge in [-0.25, -0.2) is 4.98 Å². The molecule has 4 heterocycles. The number of aromatic amines is 1. The van der Waals surface area contributed by atoms with Crippen molar-refractivity contribution >= 4 is 51.1 Å². The summed E-state index contributed by atoms with van der Waals surface area (Å²) < 4.78 is 1.56. The normalized spacial score (nSPS) is 16.2. The second kappa shape index (κ2) is 7.05. The van der Waals surface area contributed by atoms with Gasteiger partial charge in [0, 0.05) is 31.2 Å². The van der Waals surface area contributed by atoms with E-state index in [2.05, 4.69) is 31.3 Å². The molecule has 4 aromatic rings. The lowest BCUT2D eigenvalue weighted by Gasteiger charge is -2.36. The third-order valence-electron chi connectivity index (χ3n) is 5.83. The van der Waals surface area contributed by atoms with E-state index in [9.17, 15) is 5.26 Å². The maximum atomic E-state index is 9.83. The molecular formula is C20H19Cl2N9. The Bertz CT molecular complexity index is 1370. The largest absolute Gasteiger partial charge is 0.341 e. The van der Waals surface area contributed by atoms with Crippen molar-refractivity contribution in [2.45, 2.75) is 25.3 Å². The van der Waals surface area contributed by atoms with Crippen molar-refractivity contribution in [1.29, 1.82) is 5.26 Å². The molecule has 1 aliphatic rings. The smallest absolute Gasteiger partial charge is 0.228 e. The number of H-pyrrole nitrogens is 1. The van der Waals surface area contributed by atoms with Gasteiger partial charge < -0.3 is 10.6 Å². The number of aryl methyl sites for hydroxylation is 1. The SMILES string of the molecule is Cn1nc2ccc(-c3n[nH]c4nc(N5CCC(C)(N)CC5)nc(C#N)c34)c(Cl)c2c1Cl. The van der Waals surface area contributed by atoms with Crippen molar-refractivity contribution in [3.05, 3.63) is 28.0 Å². The molecule has 0 saturated carbocycles. The van der Waals surface area contributed by atoms with Crippen LogP contribution in [0.3, 0.4) is 0 Å². The van der Waals surface area contributed by atoms with Gasteiger partial charge in [0.25, 0.3) is 0 Å². The first kappa shape index (κ1) is 20.0. The fraction of sp³-hybridized carbons (Fsp3) is 0.350. The number of rotatable bonds is 2. The van der Waals surface area contributed by atoms with Crippen LogP contribution in [0.4, 0.5) is 5.95 Å². The molecule has 3 aromatic heterocycles. The molecule has 0 amide bonds. The summed E-state index contributed by atoms with van der Waals surface area (Å²) in [6.07, 6.45) is 1.65. The van der Waals surface area contributed by atoms with E-state index < -0.39 is 0 Å². The molecule has 11 heteroatoms. The van der Waals surface area contributed by atoms with Gasteiger partial charge in [-0.1, -0.05) is 23.2 Å². The Kier molecular flexibility index (Phi) is 4.55. The van der Waals surface area contributed by atoms with Gasteiger partial charge in [0.2, 0.25) is 5.95 Å². The Balaban J connectivity index is 1.64. The fourth-order valence-corrected chi connectivity index (χ4v) is 4.57. The maximum Gasteiger partial charge on any atom is 0.228 e. The van der Waals surface area contributed by atoms with Gasteiger partial charge in [-0.3, -0.25) is 9.78 Å². The zero-order valence-electron chi connectivity index (χ0n) is 16.9. The number of anilines is 1. The van der Waals surface area contributed by atoms with Crippen molar-refractivity contribution < 1.29 is 0 Å². The number of fused-ring (bicyclic) bond motifs is 2. The second-order valence-electron chi connectivity index (χ2n) is 8.16. The monoisotopic (exact) mass is 455 g/mol. The molecule has 0 spiro atoms. The van der Waals surface area contributed by atoms with Gasteiger partial charge >= 0.3 is 0 Å². The van der Waals surface area contributed by atoms with Gasteiger partial charge in [-0.15, -0.1) is 0 Å². The number of benzene rings is 1. The second-order valence-corrected chi connectivity index (χ2v) is 8.89. The summed E-state index contributed by atoms with van der Waals surface area (Å²) in [4.78, 5) is 11.2. The molecule has 1 aromatic carbocycles. The lowest BCUT2D eigenvalue weighted by Crippen LogP contribution is -2.48. The first-order chi connectivity index (χ1) is 14.8. The number of nitrogens with two attached hydrogens (primary N) is 1. The van der Waals surface area contributed by atoms with E-state index in [1.807, 2.05) is 24.0 Å². The molecule has 0 unspecified atom stereocenters. The molecule has 158 valence electrons. The average molecular weight is 456 g/mol. The van der Waals surface area contributed by atoms with E-state index in [0.29, 0.717) is 49.3 Å². The maximum absolute atomic E-state index is 9.83. The Morgan fingerprint density at radius 1 is 1.19 bits per heavy atom. The van der Waals surface area contributed by atoms with E-state index in [1.54, 1.807) is 11.7 Å². The summed E-state index contributed by atoms with van der Waals surface area (Å²) in [5, 5.41) is 23.5. The molecule has 9 nitrogen and oxygen atoms in total. The first-order valence-electron chi connectivity index (χ1n) is 9.80. The summed E-state index contributed by atoms with van der Waals surface area (Å²) in [7, 11) is 1.75. The molecule has 0 atom stereocenters. The Morgan fingerprint density at radius 2 is 1.94 bits per heavy atom. The Labute approximate surface area is 187 Å². The highest BCUT2D eigenvalue weighted by atomic mass is 35.5. The highest BCUT2D eigenvalue weighted by Crippen LogP contribution is 2.39. The zero-order chi connectivity index (χ0) is 21.9. The zero-order valence-corrected chi connectivity index (χ0v) is 18.5. The third kappa shape index (κ3) is 3.19. The minimum atomic E-state index is -0.192. The lowest BCUT2D eigenvalue weighted by molar-refractivity contribution is 0.362. The molecule has 5 rings (SSSR count). The lowest BCUT2D eigenvalue weighted by atomic mass is 9.91.